The summed E-state index contributed by atoms with van der Waals surface area (Å²) in [4.78, 5) is 8.52. The maximum Gasteiger partial charge on any atom is 0.181 e. The molecule has 0 bridgehead atoms. The van der Waals surface area contributed by atoms with E-state index in [1.54, 1.807) is 6.20 Å². The fourth-order valence-electron chi connectivity index (χ4n) is 2.29. The van der Waals surface area contributed by atoms with Gasteiger partial charge in [-0.15, -0.1) is 0 Å². The number of hydrogen-bond acceptors (Lipinski definition) is 3. The fraction of sp³-hybridized carbons (Fsp3) is 0.176. The predicted molar refractivity (Wildman–Crippen MR) is 79.2 cm³/mol. The van der Waals surface area contributed by atoms with Crippen LogP contribution in [0.2, 0.25) is 0 Å². The molecule has 2 aromatic heterocycles. The van der Waals surface area contributed by atoms with Gasteiger partial charge in [-0.2, -0.15) is 0 Å². The lowest BCUT2D eigenvalue weighted by molar-refractivity contribution is 0.572. The number of rotatable bonds is 4. The second kappa shape index (κ2) is 5.70. The molecule has 0 saturated carbocycles. The van der Waals surface area contributed by atoms with Crippen LogP contribution in [0.5, 0.6) is 0 Å². The van der Waals surface area contributed by atoms with Gasteiger partial charge in [0.05, 0.1) is 6.20 Å². The number of oxazole rings is 1. The first-order chi connectivity index (χ1) is 9.88. The highest BCUT2D eigenvalue weighted by molar-refractivity contribution is 5.80. The molecular weight excluding hydrogens is 248 g/mol. The van der Waals surface area contributed by atoms with Gasteiger partial charge < -0.3 is 4.42 Å². The van der Waals surface area contributed by atoms with Crippen LogP contribution >= 0.6 is 0 Å². The summed E-state index contributed by atoms with van der Waals surface area (Å²) in [6, 6.07) is 12.5. The van der Waals surface area contributed by atoms with Gasteiger partial charge in [0.15, 0.2) is 12.2 Å². The molecule has 3 nitrogen and oxygen atoms in total. The summed E-state index contributed by atoms with van der Waals surface area (Å²) in [5.41, 5.74) is 4.39. The van der Waals surface area contributed by atoms with E-state index in [1.165, 1.54) is 12.0 Å². The second-order valence-corrected chi connectivity index (χ2v) is 4.70. The smallest absolute Gasteiger partial charge is 0.181 e. The molecule has 0 radical (unpaired) electrons. The van der Waals surface area contributed by atoms with E-state index in [2.05, 4.69) is 35.1 Å². The van der Waals surface area contributed by atoms with E-state index in [1.807, 2.05) is 24.4 Å². The summed E-state index contributed by atoms with van der Waals surface area (Å²) in [7, 11) is 0. The molecule has 0 unspecified atom stereocenters. The molecule has 3 aromatic rings. The fourth-order valence-corrected chi connectivity index (χ4v) is 2.29. The van der Waals surface area contributed by atoms with Crippen molar-refractivity contribution in [3.05, 3.63) is 60.9 Å². The molecule has 0 saturated heterocycles. The lowest BCUT2D eigenvalue weighted by Crippen LogP contribution is -1.93. The summed E-state index contributed by atoms with van der Waals surface area (Å²) in [6.07, 6.45) is 7.13. The molecule has 2 heterocycles. The second-order valence-electron chi connectivity index (χ2n) is 4.70. The molecule has 0 aliphatic rings. The SMILES string of the molecule is CCCc1cc(-c2ccccc2)c(-c2cnco2)cn1. The summed E-state index contributed by atoms with van der Waals surface area (Å²) in [5, 5.41) is 0. The third kappa shape index (κ3) is 2.48. The van der Waals surface area contributed by atoms with E-state index in [-0.39, 0.29) is 0 Å². The molecule has 0 fully saturated rings. The zero-order valence-electron chi connectivity index (χ0n) is 11.4. The molecule has 3 heteroatoms. The predicted octanol–water partition coefficient (Wildman–Crippen LogP) is 4.36. The number of pyridine rings is 1. The molecule has 0 amide bonds. The molecule has 0 aliphatic carbocycles. The van der Waals surface area contributed by atoms with Crippen LogP contribution < -0.4 is 0 Å². The van der Waals surface area contributed by atoms with Crippen LogP contribution in [0.4, 0.5) is 0 Å². The van der Waals surface area contributed by atoms with E-state index in [0.717, 1.165) is 35.4 Å². The zero-order chi connectivity index (χ0) is 13.8. The van der Waals surface area contributed by atoms with E-state index >= 15 is 0 Å². The van der Waals surface area contributed by atoms with Crippen LogP contribution in [0.1, 0.15) is 19.0 Å². The average Bonchev–Trinajstić information content (AvgIpc) is 3.03. The highest BCUT2D eigenvalue weighted by Gasteiger charge is 2.11. The topological polar surface area (TPSA) is 38.9 Å². The maximum atomic E-state index is 5.43. The highest BCUT2D eigenvalue weighted by Crippen LogP contribution is 2.31. The minimum absolute atomic E-state index is 0.749. The minimum atomic E-state index is 0.749. The Hall–Kier alpha value is -2.42. The van der Waals surface area contributed by atoms with Crippen molar-refractivity contribution in [1.29, 1.82) is 0 Å². The molecule has 20 heavy (non-hydrogen) atoms. The van der Waals surface area contributed by atoms with E-state index < -0.39 is 0 Å². The van der Waals surface area contributed by atoms with Gasteiger partial charge in [0.1, 0.15) is 0 Å². The van der Waals surface area contributed by atoms with Gasteiger partial charge in [-0.25, -0.2) is 4.98 Å². The van der Waals surface area contributed by atoms with E-state index in [4.69, 9.17) is 4.42 Å². The summed E-state index contributed by atoms with van der Waals surface area (Å²) < 4.78 is 5.43. The van der Waals surface area contributed by atoms with Crippen molar-refractivity contribution < 1.29 is 4.42 Å². The number of aromatic nitrogens is 2. The molecule has 0 aliphatic heterocycles. The number of hydrogen-bond donors (Lipinski definition) is 0. The van der Waals surface area contributed by atoms with Crippen LogP contribution in [-0.4, -0.2) is 9.97 Å². The van der Waals surface area contributed by atoms with Crippen LogP contribution in [0.15, 0.2) is 59.6 Å². The summed E-state index contributed by atoms with van der Waals surface area (Å²) in [5.74, 6) is 0.749. The van der Waals surface area contributed by atoms with Gasteiger partial charge >= 0.3 is 0 Å². The molecule has 0 atom stereocenters. The normalized spacial score (nSPS) is 10.7. The third-order valence-electron chi connectivity index (χ3n) is 3.25. The van der Waals surface area contributed by atoms with E-state index in [0.29, 0.717) is 0 Å². The lowest BCUT2D eigenvalue weighted by atomic mass is 9.98. The van der Waals surface area contributed by atoms with Crippen LogP contribution in [0.25, 0.3) is 22.5 Å². The Kier molecular flexibility index (Phi) is 3.59. The summed E-state index contributed by atoms with van der Waals surface area (Å²) >= 11 is 0. The maximum absolute atomic E-state index is 5.43. The Morgan fingerprint density at radius 1 is 1.05 bits per heavy atom. The molecule has 0 N–H and O–H groups in total. The van der Waals surface area contributed by atoms with Crippen molar-refractivity contribution in [2.45, 2.75) is 19.8 Å². The first-order valence-corrected chi connectivity index (χ1v) is 6.81. The first-order valence-electron chi connectivity index (χ1n) is 6.81. The zero-order valence-corrected chi connectivity index (χ0v) is 11.4. The van der Waals surface area contributed by atoms with E-state index in [9.17, 15) is 0 Å². The molecule has 0 spiro atoms. The Morgan fingerprint density at radius 3 is 2.60 bits per heavy atom. The van der Waals surface area contributed by atoms with Crippen LogP contribution in [0.3, 0.4) is 0 Å². The molecular formula is C17H16N2O. The number of benzene rings is 1. The van der Waals surface area contributed by atoms with Gasteiger partial charge in [0.2, 0.25) is 0 Å². The van der Waals surface area contributed by atoms with Gasteiger partial charge in [-0.05, 0) is 23.6 Å². The Morgan fingerprint density at radius 2 is 1.90 bits per heavy atom. The Balaban J connectivity index is 2.15. The largest absolute Gasteiger partial charge is 0.443 e. The van der Waals surface area contributed by atoms with Crippen LogP contribution in [-0.2, 0) is 6.42 Å². The Labute approximate surface area is 118 Å². The molecule has 100 valence electrons. The number of aryl methyl sites for hydroxylation is 1. The molecule has 3 rings (SSSR count). The van der Waals surface area contributed by atoms with Crippen molar-refractivity contribution in [3.63, 3.8) is 0 Å². The van der Waals surface area contributed by atoms with Crippen molar-refractivity contribution in [2.75, 3.05) is 0 Å². The number of nitrogens with zero attached hydrogens (tertiary/aromatic N) is 2. The van der Waals surface area contributed by atoms with Gasteiger partial charge in [-0.1, -0.05) is 43.7 Å². The van der Waals surface area contributed by atoms with Gasteiger partial charge in [0.25, 0.3) is 0 Å². The first kappa shape index (κ1) is 12.6. The van der Waals surface area contributed by atoms with Crippen LogP contribution in [0, 0.1) is 0 Å². The average molecular weight is 264 g/mol. The summed E-state index contributed by atoms with van der Waals surface area (Å²) in [6.45, 7) is 2.16. The molecule has 1 aromatic carbocycles. The standard InChI is InChI=1S/C17H16N2O/c1-2-6-14-9-15(13-7-4-3-5-8-13)16(10-19-14)17-11-18-12-20-17/h3-5,7-12H,2,6H2,1H3. The van der Waals surface area contributed by atoms with Crippen molar-refractivity contribution in [1.82, 2.24) is 9.97 Å². The lowest BCUT2D eigenvalue weighted by Gasteiger charge is -2.09. The Bertz CT molecular complexity index is 675. The van der Waals surface area contributed by atoms with Crippen molar-refractivity contribution in [3.8, 4) is 22.5 Å². The quantitative estimate of drug-likeness (QED) is 0.703. The van der Waals surface area contributed by atoms with Crippen molar-refractivity contribution >= 4 is 0 Å². The highest BCUT2D eigenvalue weighted by atomic mass is 16.3. The van der Waals surface area contributed by atoms with Gasteiger partial charge in [-0.3, -0.25) is 4.98 Å². The minimum Gasteiger partial charge on any atom is -0.443 e. The van der Waals surface area contributed by atoms with Gasteiger partial charge in [0, 0.05) is 17.5 Å². The van der Waals surface area contributed by atoms with Crippen molar-refractivity contribution in [2.24, 2.45) is 0 Å². The monoisotopic (exact) mass is 264 g/mol. The third-order valence-corrected chi connectivity index (χ3v) is 3.25.